The molecule has 0 aromatic heterocycles. The van der Waals surface area contributed by atoms with Gasteiger partial charge in [-0.15, -0.1) is 0 Å². The molecule has 1 amide bonds. The fraction of sp³-hybridized carbons (Fsp3) is 0.316. The summed E-state index contributed by atoms with van der Waals surface area (Å²) in [6.07, 6.45) is -0.0516. The monoisotopic (exact) mass is 327 g/mol. The number of fused-ring (bicyclic) bond motifs is 1. The Morgan fingerprint density at radius 2 is 1.88 bits per heavy atom. The molecule has 2 atom stereocenters. The number of quaternary nitrogens is 1. The molecule has 0 aliphatic carbocycles. The third kappa shape index (κ3) is 4.26. The molecule has 2 aromatic carbocycles. The third-order valence-electron chi connectivity index (χ3n) is 4.04. The van der Waals surface area contributed by atoms with Crippen molar-refractivity contribution in [3.05, 3.63) is 60.2 Å². The van der Waals surface area contributed by atoms with Crippen molar-refractivity contribution in [2.24, 2.45) is 0 Å². The van der Waals surface area contributed by atoms with E-state index in [1.165, 1.54) is 0 Å². The zero-order chi connectivity index (χ0) is 16.8. The first-order chi connectivity index (χ1) is 11.7. The molecule has 0 unspecified atom stereocenters. The van der Waals surface area contributed by atoms with E-state index in [2.05, 4.69) is 5.32 Å². The third-order valence-corrected chi connectivity index (χ3v) is 4.04. The minimum atomic E-state index is -0.172. The highest BCUT2D eigenvalue weighted by Gasteiger charge is 2.24. The van der Waals surface area contributed by atoms with Crippen LogP contribution in [0.3, 0.4) is 0 Å². The fourth-order valence-electron chi connectivity index (χ4n) is 2.59. The number of carbonyl (C=O) groups is 1. The van der Waals surface area contributed by atoms with E-state index in [9.17, 15) is 4.79 Å². The van der Waals surface area contributed by atoms with Gasteiger partial charge in [0.25, 0.3) is 5.91 Å². The van der Waals surface area contributed by atoms with E-state index < -0.39 is 0 Å². The van der Waals surface area contributed by atoms with Gasteiger partial charge in [0.1, 0.15) is 13.2 Å². The van der Waals surface area contributed by atoms with Crippen LogP contribution >= 0.6 is 0 Å². The summed E-state index contributed by atoms with van der Waals surface area (Å²) in [5.41, 5.74) is 1.10. The molecule has 126 valence electrons. The van der Waals surface area contributed by atoms with Crippen LogP contribution in [0.15, 0.2) is 54.6 Å². The lowest BCUT2D eigenvalue weighted by Crippen LogP contribution is -2.94. The second-order valence-corrected chi connectivity index (χ2v) is 5.96. The summed E-state index contributed by atoms with van der Waals surface area (Å²) < 4.78 is 11.6. The van der Waals surface area contributed by atoms with Gasteiger partial charge in [0, 0.05) is 6.54 Å². The number of benzene rings is 2. The van der Waals surface area contributed by atoms with Crippen LogP contribution in [0, 0.1) is 0 Å². The van der Waals surface area contributed by atoms with Crippen LogP contribution in [0.1, 0.15) is 12.5 Å². The van der Waals surface area contributed by atoms with E-state index in [1.807, 2.05) is 66.8 Å². The number of nitrogens with two attached hydrogens (primary N) is 1. The van der Waals surface area contributed by atoms with E-state index in [1.54, 1.807) is 0 Å². The summed E-state index contributed by atoms with van der Waals surface area (Å²) in [7, 11) is 0. The average Bonchev–Trinajstić information content (AvgIpc) is 2.64. The topological polar surface area (TPSA) is 64.2 Å². The Kier molecular flexibility index (Phi) is 5.33. The molecular weight excluding hydrogens is 304 g/mol. The first kappa shape index (κ1) is 16.3. The molecular formula is C19H23N2O3+. The molecule has 24 heavy (non-hydrogen) atoms. The van der Waals surface area contributed by atoms with E-state index in [0.29, 0.717) is 19.7 Å². The highest BCUT2D eigenvalue weighted by molar-refractivity contribution is 5.79. The fourth-order valence-corrected chi connectivity index (χ4v) is 2.59. The maximum Gasteiger partial charge on any atom is 0.278 e. The van der Waals surface area contributed by atoms with Crippen molar-refractivity contribution in [3.8, 4) is 11.5 Å². The summed E-state index contributed by atoms with van der Waals surface area (Å²) in [5.74, 6) is 1.57. The van der Waals surface area contributed by atoms with Crippen molar-refractivity contribution >= 4 is 5.91 Å². The standard InChI is InChI=1S/C19H22N2O3/c1-14(19(22)21-11-15-7-3-2-4-8-15)20-12-16-13-23-17-9-5-6-10-18(17)24-16/h2-10,14,16,20H,11-13H2,1H3,(H,21,22)/p+1/t14-,16-/m1/s1. The van der Waals surface area contributed by atoms with Gasteiger partial charge in [-0.3, -0.25) is 4.79 Å². The lowest BCUT2D eigenvalue weighted by atomic mass is 10.2. The Labute approximate surface area is 142 Å². The first-order valence-electron chi connectivity index (χ1n) is 8.26. The predicted molar refractivity (Wildman–Crippen MR) is 90.9 cm³/mol. The summed E-state index contributed by atoms with van der Waals surface area (Å²) in [5, 5.41) is 4.95. The summed E-state index contributed by atoms with van der Waals surface area (Å²) in [6.45, 7) is 3.63. The molecule has 0 spiro atoms. The molecule has 2 aromatic rings. The predicted octanol–water partition coefficient (Wildman–Crippen LogP) is 1.09. The van der Waals surface area contributed by atoms with E-state index in [4.69, 9.17) is 9.47 Å². The number of ether oxygens (including phenoxy) is 2. The van der Waals surface area contributed by atoms with Gasteiger partial charge in [-0.25, -0.2) is 0 Å². The SMILES string of the molecule is C[C@@H]([NH2+]C[C@@H]1COc2ccccc2O1)C(=O)NCc1ccccc1. The van der Waals surface area contributed by atoms with Gasteiger partial charge in [0.15, 0.2) is 23.6 Å². The van der Waals surface area contributed by atoms with Gasteiger partial charge >= 0.3 is 0 Å². The maximum atomic E-state index is 12.2. The summed E-state index contributed by atoms with van der Waals surface area (Å²) in [6, 6.07) is 17.4. The Morgan fingerprint density at radius 3 is 2.67 bits per heavy atom. The minimum Gasteiger partial charge on any atom is -0.486 e. The number of hydrogen-bond donors (Lipinski definition) is 2. The smallest absolute Gasteiger partial charge is 0.278 e. The summed E-state index contributed by atoms with van der Waals surface area (Å²) in [4.78, 5) is 12.2. The molecule has 0 fully saturated rings. The van der Waals surface area contributed by atoms with E-state index in [-0.39, 0.29) is 18.1 Å². The highest BCUT2D eigenvalue weighted by atomic mass is 16.6. The first-order valence-corrected chi connectivity index (χ1v) is 8.26. The molecule has 0 radical (unpaired) electrons. The van der Waals surface area contributed by atoms with Gasteiger partial charge in [0.2, 0.25) is 0 Å². The number of amides is 1. The second-order valence-electron chi connectivity index (χ2n) is 5.96. The molecule has 0 saturated carbocycles. The van der Waals surface area contributed by atoms with Gasteiger partial charge in [-0.1, -0.05) is 42.5 Å². The van der Waals surface area contributed by atoms with Crippen LogP contribution in [-0.4, -0.2) is 31.2 Å². The van der Waals surface area contributed by atoms with Crippen molar-refractivity contribution in [3.63, 3.8) is 0 Å². The van der Waals surface area contributed by atoms with Crippen molar-refractivity contribution in [2.45, 2.75) is 25.6 Å². The molecule has 1 aliphatic heterocycles. The number of nitrogens with one attached hydrogen (secondary N) is 1. The summed E-state index contributed by atoms with van der Waals surface area (Å²) >= 11 is 0. The lowest BCUT2D eigenvalue weighted by molar-refractivity contribution is -0.678. The second kappa shape index (κ2) is 7.84. The molecule has 3 N–H and O–H groups in total. The van der Waals surface area contributed by atoms with Crippen LogP contribution in [-0.2, 0) is 11.3 Å². The zero-order valence-corrected chi connectivity index (χ0v) is 13.8. The Hall–Kier alpha value is -2.53. The molecule has 0 saturated heterocycles. The number of hydrogen-bond acceptors (Lipinski definition) is 3. The molecule has 1 aliphatic rings. The van der Waals surface area contributed by atoms with Crippen LogP contribution < -0.4 is 20.1 Å². The Morgan fingerprint density at radius 1 is 1.17 bits per heavy atom. The number of para-hydroxylation sites is 2. The Bertz CT molecular complexity index is 675. The van der Waals surface area contributed by atoms with Gasteiger partial charge in [-0.05, 0) is 24.6 Å². The quantitative estimate of drug-likeness (QED) is 0.835. The largest absolute Gasteiger partial charge is 0.486 e. The van der Waals surface area contributed by atoms with E-state index in [0.717, 1.165) is 17.1 Å². The molecule has 1 heterocycles. The van der Waals surface area contributed by atoms with Crippen LogP contribution in [0.4, 0.5) is 0 Å². The van der Waals surface area contributed by atoms with Gasteiger partial charge in [-0.2, -0.15) is 0 Å². The van der Waals surface area contributed by atoms with Crippen LogP contribution in [0.2, 0.25) is 0 Å². The van der Waals surface area contributed by atoms with Gasteiger partial charge in [0.05, 0.1) is 0 Å². The number of carbonyl (C=O) groups excluding carboxylic acids is 1. The van der Waals surface area contributed by atoms with Crippen molar-refractivity contribution < 1.29 is 19.6 Å². The molecule has 0 bridgehead atoms. The molecule has 3 rings (SSSR count). The van der Waals surface area contributed by atoms with E-state index >= 15 is 0 Å². The molecule has 5 nitrogen and oxygen atoms in total. The van der Waals surface area contributed by atoms with Crippen molar-refractivity contribution in [1.29, 1.82) is 0 Å². The normalized spacial score (nSPS) is 17.1. The Balaban J connectivity index is 1.42. The molecule has 5 heteroatoms. The van der Waals surface area contributed by atoms with Gasteiger partial charge < -0.3 is 20.1 Å². The number of rotatable bonds is 6. The highest BCUT2D eigenvalue weighted by Crippen LogP contribution is 2.30. The maximum absolute atomic E-state index is 12.2. The van der Waals surface area contributed by atoms with Crippen LogP contribution in [0.5, 0.6) is 11.5 Å². The lowest BCUT2D eigenvalue weighted by Gasteiger charge is -2.26. The van der Waals surface area contributed by atoms with Crippen molar-refractivity contribution in [1.82, 2.24) is 5.32 Å². The average molecular weight is 327 g/mol. The minimum absolute atomic E-state index is 0.0241. The van der Waals surface area contributed by atoms with Crippen LogP contribution in [0.25, 0.3) is 0 Å². The van der Waals surface area contributed by atoms with Crippen molar-refractivity contribution in [2.75, 3.05) is 13.2 Å². The zero-order valence-electron chi connectivity index (χ0n) is 13.8.